The van der Waals surface area contributed by atoms with Crippen molar-refractivity contribution in [1.82, 2.24) is 10.3 Å². The molecule has 0 aliphatic carbocycles. The first-order valence-corrected chi connectivity index (χ1v) is 5.05. The molecule has 0 bridgehead atoms. The lowest BCUT2D eigenvalue weighted by Gasteiger charge is -2.02. The number of carbonyl (C=O) groups excluding carboxylic acids is 1. The molecule has 1 rings (SSSR count). The number of aromatic nitrogens is 1. The number of carboxylic acids is 1. The van der Waals surface area contributed by atoms with E-state index in [1.807, 2.05) is 0 Å². The van der Waals surface area contributed by atoms with Gasteiger partial charge >= 0.3 is 5.97 Å². The van der Waals surface area contributed by atoms with Crippen molar-refractivity contribution in [2.75, 3.05) is 6.54 Å². The molecule has 0 saturated heterocycles. The first-order chi connectivity index (χ1) is 7.68. The van der Waals surface area contributed by atoms with Crippen LogP contribution in [0.25, 0.3) is 0 Å². The predicted octanol–water partition coefficient (Wildman–Crippen LogP) is 0.588. The maximum absolute atomic E-state index is 11.2. The predicted molar refractivity (Wildman–Crippen MR) is 54.7 cm³/mol. The van der Waals surface area contributed by atoms with Gasteiger partial charge in [0.1, 0.15) is 6.26 Å². The topological polar surface area (TPSA) is 92.4 Å². The van der Waals surface area contributed by atoms with Crippen LogP contribution in [0.1, 0.15) is 25.2 Å². The molecule has 0 radical (unpaired) electrons. The van der Waals surface area contributed by atoms with Gasteiger partial charge in [-0.05, 0) is 6.42 Å². The molecule has 0 spiro atoms. The van der Waals surface area contributed by atoms with Gasteiger partial charge in [-0.25, -0.2) is 4.98 Å². The quantitative estimate of drug-likeness (QED) is 0.709. The molecular formula is C10H14N2O4. The third kappa shape index (κ3) is 5.14. The Hall–Kier alpha value is -1.85. The first-order valence-electron chi connectivity index (χ1n) is 5.05. The highest BCUT2D eigenvalue weighted by Gasteiger charge is 2.04. The van der Waals surface area contributed by atoms with Crippen molar-refractivity contribution < 1.29 is 19.1 Å². The number of amides is 1. The Balaban J connectivity index is 2.04. The Morgan fingerprint density at radius 1 is 1.44 bits per heavy atom. The molecule has 6 heteroatoms. The molecule has 1 aromatic heterocycles. The van der Waals surface area contributed by atoms with E-state index in [0.29, 0.717) is 25.3 Å². The summed E-state index contributed by atoms with van der Waals surface area (Å²) in [5.41, 5.74) is 0. The van der Waals surface area contributed by atoms with Gasteiger partial charge in [0.25, 0.3) is 0 Å². The minimum absolute atomic E-state index is 0.0210. The molecule has 2 N–H and O–H groups in total. The molecule has 6 nitrogen and oxygen atoms in total. The van der Waals surface area contributed by atoms with Crippen LogP contribution in [-0.2, 0) is 16.0 Å². The number of carbonyl (C=O) groups is 2. The van der Waals surface area contributed by atoms with Crippen LogP contribution in [0.5, 0.6) is 0 Å². The van der Waals surface area contributed by atoms with Crippen molar-refractivity contribution in [1.29, 1.82) is 0 Å². The first kappa shape index (κ1) is 12.2. The molecule has 0 saturated carbocycles. The highest BCUT2D eigenvalue weighted by atomic mass is 16.4. The van der Waals surface area contributed by atoms with Gasteiger partial charge in [0, 0.05) is 25.8 Å². The van der Waals surface area contributed by atoms with Gasteiger partial charge in [-0.2, -0.15) is 0 Å². The van der Waals surface area contributed by atoms with Crippen molar-refractivity contribution >= 4 is 11.9 Å². The summed E-state index contributed by atoms with van der Waals surface area (Å²) in [6.45, 7) is 0.451. The summed E-state index contributed by atoms with van der Waals surface area (Å²) in [7, 11) is 0. The second-order valence-corrected chi connectivity index (χ2v) is 3.27. The lowest BCUT2D eigenvalue weighted by atomic mass is 10.2. The number of aliphatic carboxylic acids is 1. The summed E-state index contributed by atoms with van der Waals surface area (Å²) >= 11 is 0. The molecule has 1 aromatic rings. The minimum Gasteiger partial charge on any atom is -0.481 e. The van der Waals surface area contributed by atoms with E-state index in [-0.39, 0.29) is 18.7 Å². The minimum atomic E-state index is -0.882. The average molecular weight is 226 g/mol. The standard InChI is InChI=1S/C10H14N2O4/c13-8(2-1-3-10(14)15)11-5-4-9-12-6-7-16-9/h6-7H,1-5H2,(H,11,13)(H,14,15). The highest BCUT2D eigenvalue weighted by Crippen LogP contribution is 1.96. The van der Waals surface area contributed by atoms with Crippen molar-refractivity contribution in [3.63, 3.8) is 0 Å². The van der Waals surface area contributed by atoms with Crippen LogP contribution in [0.4, 0.5) is 0 Å². The monoisotopic (exact) mass is 226 g/mol. The molecule has 0 aliphatic heterocycles. The Bertz CT molecular complexity index is 335. The third-order valence-electron chi connectivity index (χ3n) is 1.94. The largest absolute Gasteiger partial charge is 0.481 e. The van der Waals surface area contributed by atoms with Crippen molar-refractivity contribution in [2.24, 2.45) is 0 Å². The van der Waals surface area contributed by atoms with Crippen LogP contribution in [-0.4, -0.2) is 28.5 Å². The zero-order valence-electron chi connectivity index (χ0n) is 8.81. The van der Waals surface area contributed by atoms with Crippen LogP contribution in [0.15, 0.2) is 16.9 Å². The molecule has 0 aromatic carbocycles. The molecule has 0 aliphatic rings. The van der Waals surface area contributed by atoms with E-state index in [1.54, 1.807) is 6.20 Å². The maximum Gasteiger partial charge on any atom is 0.303 e. The van der Waals surface area contributed by atoms with Crippen LogP contribution in [0.3, 0.4) is 0 Å². The Labute approximate surface area is 92.7 Å². The van der Waals surface area contributed by atoms with Crippen molar-refractivity contribution in [3.05, 3.63) is 18.4 Å². The molecule has 88 valence electrons. The van der Waals surface area contributed by atoms with Crippen LogP contribution in [0.2, 0.25) is 0 Å². The summed E-state index contributed by atoms with van der Waals surface area (Å²) in [4.78, 5) is 25.3. The van der Waals surface area contributed by atoms with Crippen molar-refractivity contribution in [2.45, 2.75) is 25.7 Å². The van der Waals surface area contributed by atoms with E-state index in [0.717, 1.165) is 0 Å². The highest BCUT2D eigenvalue weighted by molar-refractivity contribution is 5.76. The molecular weight excluding hydrogens is 212 g/mol. The fourth-order valence-corrected chi connectivity index (χ4v) is 1.17. The lowest BCUT2D eigenvalue weighted by molar-refractivity contribution is -0.137. The Morgan fingerprint density at radius 2 is 2.25 bits per heavy atom. The smallest absolute Gasteiger partial charge is 0.303 e. The van der Waals surface area contributed by atoms with E-state index in [1.165, 1.54) is 6.26 Å². The van der Waals surface area contributed by atoms with E-state index < -0.39 is 5.97 Å². The van der Waals surface area contributed by atoms with E-state index in [2.05, 4.69) is 10.3 Å². The number of carboxylic acid groups (broad SMARTS) is 1. The molecule has 0 fully saturated rings. The molecule has 1 amide bonds. The Morgan fingerprint density at radius 3 is 2.88 bits per heavy atom. The number of hydrogen-bond acceptors (Lipinski definition) is 4. The van der Waals surface area contributed by atoms with Gasteiger partial charge in [-0.3, -0.25) is 9.59 Å². The zero-order valence-corrected chi connectivity index (χ0v) is 8.81. The third-order valence-corrected chi connectivity index (χ3v) is 1.94. The van der Waals surface area contributed by atoms with Gasteiger partial charge < -0.3 is 14.8 Å². The second-order valence-electron chi connectivity index (χ2n) is 3.27. The van der Waals surface area contributed by atoms with Crippen LogP contribution in [0, 0.1) is 0 Å². The van der Waals surface area contributed by atoms with Gasteiger partial charge in [-0.15, -0.1) is 0 Å². The van der Waals surface area contributed by atoms with Crippen molar-refractivity contribution in [3.8, 4) is 0 Å². The zero-order chi connectivity index (χ0) is 11.8. The number of nitrogens with zero attached hydrogens (tertiary/aromatic N) is 1. The fraction of sp³-hybridized carbons (Fsp3) is 0.500. The number of rotatable bonds is 7. The number of hydrogen-bond donors (Lipinski definition) is 2. The lowest BCUT2D eigenvalue weighted by Crippen LogP contribution is -2.25. The van der Waals surface area contributed by atoms with E-state index in [9.17, 15) is 9.59 Å². The van der Waals surface area contributed by atoms with Crippen LogP contribution < -0.4 is 5.32 Å². The molecule has 0 atom stereocenters. The number of oxazole rings is 1. The maximum atomic E-state index is 11.2. The van der Waals surface area contributed by atoms with E-state index in [4.69, 9.17) is 9.52 Å². The summed E-state index contributed by atoms with van der Waals surface area (Å²) in [6.07, 6.45) is 4.18. The Kier molecular flexibility index (Phi) is 5.04. The summed E-state index contributed by atoms with van der Waals surface area (Å²) in [6, 6.07) is 0. The van der Waals surface area contributed by atoms with Gasteiger partial charge in [0.05, 0.1) is 6.20 Å². The van der Waals surface area contributed by atoms with Gasteiger partial charge in [-0.1, -0.05) is 0 Å². The van der Waals surface area contributed by atoms with E-state index >= 15 is 0 Å². The SMILES string of the molecule is O=C(O)CCCC(=O)NCCc1ncco1. The fourth-order valence-electron chi connectivity index (χ4n) is 1.17. The summed E-state index contributed by atoms with van der Waals surface area (Å²) in [5.74, 6) is -0.453. The normalized spacial score (nSPS) is 10.0. The summed E-state index contributed by atoms with van der Waals surface area (Å²) < 4.78 is 4.99. The molecule has 16 heavy (non-hydrogen) atoms. The van der Waals surface area contributed by atoms with Crippen LogP contribution >= 0.6 is 0 Å². The van der Waals surface area contributed by atoms with Gasteiger partial charge in [0.15, 0.2) is 5.89 Å². The summed E-state index contributed by atoms with van der Waals surface area (Å²) in [5, 5.41) is 11.0. The van der Waals surface area contributed by atoms with Gasteiger partial charge in [0.2, 0.25) is 5.91 Å². The number of nitrogens with one attached hydrogen (secondary N) is 1. The molecule has 0 unspecified atom stereocenters. The molecule has 1 heterocycles. The average Bonchev–Trinajstić information content (AvgIpc) is 2.70. The second kappa shape index (κ2) is 6.60.